The lowest BCUT2D eigenvalue weighted by Crippen LogP contribution is -2.48. The predicted molar refractivity (Wildman–Crippen MR) is 78.4 cm³/mol. The predicted octanol–water partition coefficient (Wildman–Crippen LogP) is 0.716. The first-order chi connectivity index (χ1) is 10.1. The van der Waals surface area contributed by atoms with Crippen molar-refractivity contribution in [2.45, 2.75) is 24.4 Å². The standard InChI is InChI=1S/C13H18N4O3S/c1-2-10-9-20-8-7-17(10)21(18,19)13-12(14)15-11-5-3-4-6-16(11)13/h3-6,10H,2,7-9,14H2,1H3. The van der Waals surface area contributed by atoms with E-state index in [0.717, 1.165) is 0 Å². The molecule has 0 amide bonds. The molecule has 3 rings (SSSR count). The summed E-state index contributed by atoms with van der Waals surface area (Å²) in [5, 5.41) is 0.0402. The van der Waals surface area contributed by atoms with Gasteiger partial charge in [0.25, 0.3) is 10.0 Å². The lowest BCUT2D eigenvalue weighted by atomic mass is 10.2. The Balaban J connectivity index is 2.14. The second-order valence-corrected chi connectivity index (χ2v) is 6.79. The molecule has 1 aliphatic rings. The van der Waals surface area contributed by atoms with E-state index in [-0.39, 0.29) is 16.9 Å². The van der Waals surface area contributed by atoms with E-state index < -0.39 is 10.0 Å². The molecule has 114 valence electrons. The van der Waals surface area contributed by atoms with Gasteiger partial charge >= 0.3 is 0 Å². The first-order valence-electron chi connectivity index (χ1n) is 6.88. The highest BCUT2D eigenvalue weighted by molar-refractivity contribution is 7.89. The molecule has 0 spiro atoms. The monoisotopic (exact) mass is 310 g/mol. The average molecular weight is 310 g/mol. The molecule has 2 aromatic rings. The lowest BCUT2D eigenvalue weighted by Gasteiger charge is -2.33. The molecule has 1 saturated heterocycles. The Morgan fingerprint density at radius 3 is 3.05 bits per heavy atom. The SMILES string of the molecule is CCC1COCCN1S(=O)(=O)c1c(N)nc2ccccn12. The number of imidazole rings is 1. The third-order valence-corrected chi connectivity index (χ3v) is 5.70. The zero-order valence-corrected chi connectivity index (χ0v) is 12.6. The molecule has 3 heterocycles. The molecule has 0 saturated carbocycles. The molecule has 8 heteroatoms. The van der Waals surface area contributed by atoms with Crippen LogP contribution in [0.5, 0.6) is 0 Å². The van der Waals surface area contributed by atoms with Crippen molar-refractivity contribution in [2.24, 2.45) is 0 Å². The zero-order valence-electron chi connectivity index (χ0n) is 11.8. The van der Waals surface area contributed by atoms with Crippen LogP contribution in [0.15, 0.2) is 29.4 Å². The Morgan fingerprint density at radius 1 is 1.48 bits per heavy atom. The molecule has 1 unspecified atom stereocenters. The first-order valence-corrected chi connectivity index (χ1v) is 8.32. The van der Waals surface area contributed by atoms with Crippen LogP contribution in [-0.2, 0) is 14.8 Å². The summed E-state index contributed by atoms with van der Waals surface area (Å²) in [6.07, 6.45) is 2.35. The molecule has 7 nitrogen and oxygen atoms in total. The highest BCUT2D eigenvalue weighted by atomic mass is 32.2. The van der Waals surface area contributed by atoms with Crippen LogP contribution in [0, 0.1) is 0 Å². The molecular weight excluding hydrogens is 292 g/mol. The fourth-order valence-corrected chi connectivity index (χ4v) is 4.49. The van der Waals surface area contributed by atoms with Crippen LogP contribution in [0.25, 0.3) is 5.65 Å². The van der Waals surface area contributed by atoms with Gasteiger partial charge in [-0.05, 0) is 18.6 Å². The summed E-state index contributed by atoms with van der Waals surface area (Å²) < 4.78 is 34.3. The molecule has 0 radical (unpaired) electrons. The van der Waals surface area contributed by atoms with Crippen LogP contribution < -0.4 is 5.73 Å². The summed E-state index contributed by atoms with van der Waals surface area (Å²) in [6, 6.07) is 5.11. The van der Waals surface area contributed by atoms with Crippen molar-refractivity contribution in [3.63, 3.8) is 0 Å². The van der Waals surface area contributed by atoms with Crippen molar-refractivity contribution in [3.05, 3.63) is 24.4 Å². The maximum absolute atomic E-state index is 13.0. The molecular formula is C13H18N4O3S. The van der Waals surface area contributed by atoms with E-state index in [1.807, 2.05) is 6.92 Å². The van der Waals surface area contributed by atoms with Crippen molar-refractivity contribution in [1.82, 2.24) is 13.7 Å². The van der Waals surface area contributed by atoms with Gasteiger partial charge in [-0.25, -0.2) is 13.4 Å². The van der Waals surface area contributed by atoms with E-state index in [0.29, 0.717) is 31.8 Å². The van der Waals surface area contributed by atoms with Gasteiger partial charge < -0.3 is 10.5 Å². The molecule has 2 N–H and O–H groups in total. The number of nitrogen functional groups attached to an aromatic ring is 1. The van der Waals surface area contributed by atoms with Crippen molar-refractivity contribution in [1.29, 1.82) is 0 Å². The Kier molecular flexibility index (Phi) is 3.60. The number of aromatic nitrogens is 2. The van der Waals surface area contributed by atoms with Crippen molar-refractivity contribution in [2.75, 3.05) is 25.5 Å². The number of ether oxygens (including phenoxy) is 1. The lowest BCUT2D eigenvalue weighted by molar-refractivity contribution is 0.0313. The fraction of sp³-hybridized carbons (Fsp3) is 0.462. The smallest absolute Gasteiger partial charge is 0.263 e. The minimum atomic E-state index is -3.71. The van der Waals surface area contributed by atoms with E-state index in [1.54, 1.807) is 24.4 Å². The first kappa shape index (κ1) is 14.3. The fourth-order valence-electron chi connectivity index (χ4n) is 2.64. The van der Waals surface area contributed by atoms with Gasteiger partial charge in [0, 0.05) is 18.8 Å². The van der Waals surface area contributed by atoms with E-state index in [2.05, 4.69) is 4.98 Å². The van der Waals surface area contributed by atoms with Crippen LogP contribution in [0.2, 0.25) is 0 Å². The molecule has 21 heavy (non-hydrogen) atoms. The number of sulfonamides is 1. The van der Waals surface area contributed by atoms with Gasteiger partial charge in [0.15, 0.2) is 10.8 Å². The normalized spacial score (nSPS) is 20.9. The van der Waals surface area contributed by atoms with Gasteiger partial charge in [0.05, 0.1) is 13.2 Å². The highest BCUT2D eigenvalue weighted by Gasteiger charge is 2.36. The van der Waals surface area contributed by atoms with Gasteiger partial charge in [0.1, 0.15) is 5.65 Å². The zero-order chi connectivity index (χ0) is 15.0. The Labute approximate surface area is 123 Å². The maximum Gasteiger partial charge on any atom is 0.263 e. The third-order valence-electron chi connectivity index (χ3n) is 3.71. The number of pyridine rings is 1. The average Bonchev–Trinajstić information content (AvgIpc) is 2.83. The van der Waals surface area contributed by atoms with Gasteiger partial charge in [-0.15, -0.1) is 0 Å². The number of hydrogen-bond acceptors (Lipinski definition) is 5. The van der Waals surface area contributed by atoms with E-state index in [4.69, 9.17) is 10.5 Å². The van der Waals surface area contributed by atoms with Gasteiger partial charge in [0.2, 0.25) is 0 Å². The molecule has 0 aliphatic carbocycles. The number of fused-ring (bicyclic) bond motifs is 1. The quantitative estimate of drug-likeness (QED) is 0.902. The minimum Gasteiger partial charge on any atom is -0.381 e. The van der Waals surface area contributed by atoms with E-state index in [9.17, 15) is 8.42 Å². The second kappa shape index (κ2) is 5.28. The van der Waals surface area contributed by atoms with Crippen LogP contribution in [-0.4, -0.2) is 47.9 Å². The third kappa shape index (κ3) is 2.29. The largest absolute Gasteiger partial charge is 0.381 e. The van der Waals surface area contributed by atoms with Crippen LogP contribution in [0.3, 0.4) is 0 Å². The Bertz CT molecular complexity index is 756. The number of hydrogen-bond donors (Lipinski definition) is 1. The van der Waals surface area contributed by atoms with Crippen LogP contribution in [0.1, 0.15) is 13.3 Å². The summed E-state index contributed by atoms with van der Waals surface area (Å²) in [5.41, 5.74) is 6.39. The summed E-state index contributed by atoms with van der Waals surface area (Å²) in [7, 11) is -3.71. The number of nitrogens with two attached hydrogens (primary N) is 1. The summed E-state index contributed by atoms with van der Waals surface area (Å²) in [6.45, 7) is 3.08. The number of anilines is 1. The molecule has 0 bridgehead atoms. The topological polar surface area (TPSA) is 89.9 Å². The Morgan fingerprint density at radius 2 is 2.29 bits per heavy atom. The van der Waals surface area contributed by atoms with E-state index >= 15 is 0 Å². The van der Waals surface area contributed by atoms with E-state index in [1.165, 1.54) is 8.71 Å². The minimum absolute atomic E-state index is 0.0301. The van der Waals surface area contributed by atoms with Crippen molar-refractivity contribution >= 4 is 21.5 Å². The summed E-state index contributed by atoms with van der Waals surface area (Å²) in [4.78, 5) is 4.13. The number of morpholine rings is 1. The second-order valence-electron chi connectivity index (χ2n) is 4.98. The molecule has 1 fully saturated rings. The molecule has 2 aromatic heterocycles. The Hall–Kier alpha value is -1.64. The van der Waals surface area contributed by atoms with Gasteiger partial charge in [-0.1, -0.05) is 13.0 Å². The van der Waals surface area contributed by atoms with Gasteiger partial charge in [-0.3, -0.25) is 4.40 Å². The molecule has 0 aromatic carbocycles. The van der Waals surface area contributed by atoms with Crippen molar-refractivity contribution in [3.8, 4) is 0 Å². The maximum atomic E-state index is 13.0. The molecule has 1 atom stereocenters. The summed E-state index contributed by atoms with van der Waals surface area (Å²) >= 11 is 0. The van der Waals surface area contributed by atoms with Gasteiger partial charge in [-0.2, -0.15) is 4.31 Å². The molecule has 1 aliphatic heterocycles. The highest BCUT2D eigenvalue weighted by Crippen LogP contribution is 2.27. The number of rotatable bonds is 3. The van der Waals surface area contributed by atoms with Crippen LogP contribution >= 0.6 is 0 Å². The summed E-state index contributed by atoms with van der Waals surface area (Å²) in [5.74, 6) is 0.0301. The number of nitrogens with zero attached hydrogens (tertiary/aromatic N) is 3. The van der Waals surface area contributed by atoms with Crippen molar-refractivity contribution < 1.29 is 13.2 Å². The van der Waals surface area contributed by atoms with Crippen LogP contribution in [0.4, 0.5) is 5.82 Å².